The van der Waals surface area contributed by atoms with Crippen LogP contribution in [0.2, 0.25) is 0 Å². The van der Waals surface area contributed by atoms with Gasteiger partial charge in [0.25, 0.3) is 0 Å². The van der Waals surface area contributed by atoms with E-state index in [-0.39, 0.29) is 5.41 Å². The summed E-state index contributed by atoms with van der Waals surface area (Å²) < 4.78 is 11.2. The molecule has 6 nitrogen and oxygen atoms in total. The first-order valence-electron chi connectivity index (χ1n) is 10.9. The Hall–Kier alpha value is -0.850. The average Bonchev–Trinajstić information content (AvgIpc) is 2.69. The highest BCUT2D eigenvalue weighted by Crippen LogP contribution is 2.48. The van der Waals surface area contributed by atoms with Gasteiger partial charge in [-0.3, -0.25) is 4.99 Å². The third kappa shape index (κ3) is 5.58. The Labute approximate surface area is 166 Å². The first-order valence-corrected chi connectivity index (χ1v) is 10.9. The minimum Gasteiger partial charge on any atom is -0.383 e. The van der Waals surface area contributed by atoms with Crippen molar-refractivity contribution in [2.75, 3.05) is 53.6 Å². The van der Waals surface area contributed by atoms with E-state index in [4.69, 9.17) is 9.47 Å². The predicted octanol–water partition coefficient (Wildman–Crippen LogP) is 2.49. The summed E-state index contributed by atoms with van der Waals surface area (Å²) in [5, 5.41) is 7.28. The van der Waals surface area contributed by atoms with E-state index in [1.165, 1.54) is 25.9 Å². The van der Waals surface area contributed by atoms with E-state index < -0.39 is 0 Å². The van der Waals surface area contributed by atoms with Gasteiger partial charge in [0.2, 0.25) is 0 Å². The third-order valence-corrected chi connectivity index (χ3v) is 6.88. The summed E-state index contributed by atoms with van der Waals surface area (Å²) >= 11 is 0. The minimum absolute atomic E-state index is 0.236. The topological polar surface area (TPSA) is 58.1 Å². The molecule has 1 aliphatic heterocycles. The van der Waals surface area contributed by atoms with Crippen molar-refractivity contribution in [3.05, 3.63) is 0 Å². The lowest BCUT2D eigenvalue weighted by Crippen LogP contribution is -2.65. The molecule has 1 aliphatic carbocycles. The molecule has 0 amide bonds. The molecule has 27 heavy (non-hydrogen) atoms. The Morgan fingerprint density at radius 2 is 1.89 bits per heavy atom. The van der Waals surface area contributed by atoms with Crippen molar-refractivity contribution in [3.63, 3.8) is 0 Å². The molecule has 2 N–H and O–H groups in total. The van der Waals surface area contributed by atoms with Crippen molar-refractivity contribution in [3.8, 4) is 0 Å². The lowest BCUT2D eigenvalue weighted by atomic mass is 9.58. The summed E-state index contributed by atoms with van der Waals surface area (Å²) in [5.41, 5.74) is 0.236. The Morgan fingerprint density at radius 1 is 1.19 bits per heavy atom. The van der Waals surface area contributed by atoms with Crippen molar-refractivity contribution >= 4 is 5.96 Å². The van der Waals surface area contributed by atoms with Gasteiger partial charge in [-0.25, -0.2) is 0 Å². The molecule has 0 radical (unpaired) electrons. The highest BCUT2D eigenvalue weighted by Gasteiger charge is 2.53. The Morgan fingerprint density at radius 3 is 2.44 bits per heavy atom. The van der Waals surface area contributed by atoms with Crippen LogP contribution in [0.25, 0.3) is 0 Å². The fraction of sp³-hybridized carbons (Fsp3) is 0.952. The number of likely N-dealkylation sites (tertiary alicyclic amines) is 1. The maximum absolute atomic E-state index is 6.00. The summed E-state index contributed by atoms with van der Waals surface area (Å²) in [4.78, 5) is 6.99. The molecule has 1 heterocycles. The van der Waals surface area contributed by atoms with Gasteiger partial charge in [-0.15, -0.1) is 0 Å². The third-order valence-electron chi connectivity index (χ3n) is 6.88. The maximum Gasteiger partial charge on any atom is 0.191 e. The zero-order valence-electron chi connectivity index (χ0n) is 18.2. The van der Waals surface area contributed by atoms with Crippen molar-refractivity contribution in [1.29, 1.82) is 0 Å². The van der Waals surface area contributed by atoms with Crippen LogP contribution in [-0.4, -0.2) is 76.6 Å². The van der Waals surface area contributed by atoms with Crippen molar-refractivity contribution in [2.45, 2.75) is 65.0 Å². The SMILES string of the molecule is CCOC1CC(NC(=NC)NCC2CCN(CCOC)CC2)C1(CC)CC. The summed E-state index contributed by atoms with van der Waals surface area (Å²) in [7, 11) is 3.65. The first kappa shape index (κ1) is 22.4. The van der Waals surface area contributed by atoms with Crippen LogP contribution in [0, 0.1) is 11.3 Å². The first-order chi connectivity index (χ1) is 13.1. The van der Waals surface area contributed by atoms with E-state index in [0.29, 0.717) is 12.1 Å². The summed E-state index contributed by atoms with van der Waals surface area (Å²) in [5.74, 6) is 1.67. The van der Waals surface area contributed by atoms with E-state index in [0.717, 1.165) is 57.4 Å². The van der Waals surface area contributed by atoms with Gasteiger partial charge < -0.3 is 25.0 Å². The fourth-order valence-electron chi connectivity index (χ4n) is 4.82. The van der Waals surface area contributed by atoms with Gasteiger partial charge in [-0.1, -0.05) is 13.8 Å². The molecule has 2 rings (SSSR count). The van der Waals surface area contributed by atoms with E-state index in [1.54, 1.807) is 7.11 Å². The number of ether oxygens (including phenoxy) is 2. The molecule has 6 heteroatoms. The molecule has 0 aromatic rings. The zero-order valence-corrected chi connectivity index (χ0v) is 18.2. The van der Waals surface area contributed by atoms with Crippen LogP contribution < -0.4 is 10.6 Å². The van der Waals surface area contributed by atoms with Crippen LogP contribution in [0.3, 0.4) is 0 Å². The number of hydrogen-bond acceptors (Lipinski definition) is 4. The van der Waals surface area contributed by atoms with Gasteiger partial charge in [-0.05, 0) is 58.0 Å². The molecule has 0 spiro atoms. The number of aliphatic imine (C=N–C) groups is 1. The quantitative estimate of drug-likeness (QED) is 0.449. The monoisotopic (exact) mass is 382 g/mol. The van der Waals surface area contributed by atoms with Gasteiger partial charge in [-0.2, -0.15) is 0 Å². The molecule has 0 bridgehead atoms. The molecule has 158 valence electrons. The number of piperidine rings is 1. The van der Waals surface area contributed by atoms with Gasteiger partial charge in [0.15, 0.2) is 5.96 Å². The Kier molecular flexibility index (Phi) is 9.33. The predicted molar refractivity (Wildman–Crippen MR) is 112 cm³/mol. The molecule has 2 atom stereocenters. The molecule has 0 aromatic heterocycles. The van der Waals surface area contributed by atoms with E-state index >= 15 is 0 Å². The molecule has 2 unspecified atom stereocenters. The summed E-state index contributed by atoms with van der Waals surface area (Å²) in [6.45, 7) is 12.7. The smallest absolute Gasteiger partial charge is 0.191 e. The number of guanidine groups is 1. The maximum atomic E-state index is 6.00. The Balaban J connectivity index is 1.76. The molecule has 2 fully saturated rings. The number of methoxy groups -OCH3 is 1. The van der Waals surface area contributed by atoms with E-state index in [2.05, 4.69) is 41.3 Å². The molecular weight excluding hydrogens is 340 g/mol. The standard InChI is InChI=1S/C21H42N4O2/c1-6-21(7-2)18(15-19(21)27-8-3)24-20(22-4)23-16-17-9-11-25(12-10-17)13-14-26-5/h17-19H,6-16H2,1-5H3,(H2,22,23,24). The number of rotatable bonds is 10. The molecular formula is C21H42N4O2. The van der Waals surface area contributed by atoms with Crippen LogP contribution in [-0.2, 0) is 9.47 Å². The van der Waals surface area contributed by atoms with Gasteiger partial charge >= 0.3 is 0 Å². The van der Waals surface area contributed by atoms with Crippen LogP contribution in [0.4, 0.5) is 0 Å². The highest BCUT2D eigenvalue weighted by molar-refractivity contribution is 5.80. The Bertz CT molecular complexity index is 445. The van der Waals surface area contributed by atoms with Crippen LogP contribution >= 0.6 is 0 Å². The molecule has 1 saturated heterocycles. The number of nitrogens with zero attached hydrogens (tertiary/aromatic N) is 2. The second-order valence-corrected chi connectivity index (χ2v) is 8.05. The lowest BCUT2D eigenvalue weighted by Gasteiger charge is -2.55. The van der Waals surface area contributed by atoms with Crippen molar-refractivity contribution in [2.24, 2.45) is 16.3 Å². The van der Waals surface area contributed by atoms with Crippen LogP contribution in [0.1, 0.15) is 52.9 Å². The minimum atomic E-state index is 0.236. The van der Waals surface area contributed by atoms with Gasteiger partial charge in [0, 0.05) is 45.3 Å². The lowest BCUT2D eigenvalue weighted by molar-refractivity contribution is -0.133. The number of hydrogen-bond donors (Lipinski definition) is 2. The average molecular weight is 383 g/mol. The zero-order chi connectivity index (χ0) is 19.7. The summed E-state index contributed by atoms with van der Waals surface area (Å²) in [6.07, 6.45) is 6.23. The largest absolute Gasteiger partial charge is 0.383 e. The fourth-order valence-corrected chi connectivity index (χ4v) is 4.82. The van der Waals surface area contributed by atoms with Crippen molar-refractivity contribution < 1.29 is 9.47 Å². The second-order valence-electron chi connectivity index (χ2n) is 8.05. The molecule has 0 aromatic carbocycles. The van der Waals surface area contributed by atoms with E-state index in [9.17, 15) is 0 Å². The van der Waals surface area contributed by atoms with Crippen LogP contribution in [0.15, 0.2) is 4.99 Å². The molecule has 1 saturated carbocycles. The van der Waals surface area contributed by atoms with E-state index in [1.807, 2.05) is 7.05 Å². The second kappa shape index (κ2) is 11.2. The van der Waals surface area contributed by atoms with Crippen molar-refractivity contribution in [1.82, 2.24) is 15.5 Å². The number of nitrogens with one attached hydrogen (secondary N) is 2. The van der Waals surface area contributed by atoms with Gasteiger partial charge in [0.05, 0.1) is 12.7 Å². The normalized spacial score (nSPS) is 26.6. The molecule has 2 aliphatic rings. The van der Waals surface area contributed by atoms with Gasteiger partial charge in [0.1, 0.15) is 0 Å². The summed E-state index contributed by atoms with van der Waals surface area (Å²) in [6, 6.07) is 0.450. The highest BCUT2D eigenvalue weighted by atomic mass is 16.5. The van der Waals surface area contributed by atoms with Crippen LogP contribution in [0.5, 0.6) is 0 Å².